The number of amides is 3. The molecule has 0 saturated heterocycles. The van der Waals surface area contributed by atoms with Gasteiger partial charge in [0.15, 0.2) is 0 Å². The summed E-state index contributed by atoms with van der Waals surface area (Å²) in [5.41, 5.74) is 5.74. The number of nitrogens with zero attached hydrogens (tertiary/aromatic N) is 1. The smallest absolute Gasteiger partial charge is 0.262 e. The number of anilines is 1. The van der Waals surface area contributed by atoms with Crippen LogP contribution < -0.4 is 21.9 Å². The molecule has 2 heterocycles. The number of aromatic nitrogens is 1. The highest BCUT2D eigenvalue weighted by Crippen LogP contribution is 2.24. The van der Waals surface area contributed by atoms with Crippen molar-refractivity contribution < 1.29 is 19.1 Å². The average molecular weight is 384 g/mol. The monoisotopic (exact) mass is 384 g/mol. The minimum Gasteiger partial charge on any atom is -0.384 e. The van der Waals surface area contributed by atoms with Gasteiger partial charge in [-0.05, 0) is 25.5 Å². The van der Waals surface area contributed by atoms with E-state index >= 15 is 0 Å². The number of hydrogen-bond acceptors (Lipinski definition) is 6. The highest BCUT2D eigenvalue weighted by molar-refractivity contribution is 6.23. The Balaban J connectivity index is 1.97. The fourth-order valence-corrected chi connectivity index (χ4v) is 3.00. The third-order valence-electron chi connectivity index (χ3n) is 4.30. The second kappa shape index (κ2) is 8.05. The minimum atomic E-state index is -0.677. The van der Waals surface area contributed by atoms with Gasteiger partial charge < -0.3 is 15.8 Å². The first-order chi connectivity index (χ1) is 13.5. The lowest BCUT2D eigenvalue weighted by Crippen LogP contribution is -2.29. The largest absolute Gasteiger partial charge is 0.384 e. The topological polar surface area (TPSA) is 133 Å². The molecule has 0 bridgehead atoms. The van der Waals surface area contributed by atoms with Crippen molar-refractivity contribution in [2.24, 2.45) is 0 Å². The van der Waals surface area contributed by atoms with Crippen molar-refractivity contribution in [3.8, 4) is 5.69 Å². The van der Waals surface area contributed by atoms with Gasteiger partial charge in [0.1, 0.15) is 5.82 Å². The van der Waals surface area contributed by atoms with E-state index in [2.05, 4.69) is 10.6 Å². The molecule has 28 heavy (non-hydrogen) atoms. The molecule has 1 aliphatic heterocycles. The predicted octanol–water partition coefficient (Wildman–Crippen LogP) is 0.460. The fourth-order valence-electron chi connectivity index (χ4n) is 3.00. The van der Waals surface area contributed by atoms with E-state index in [4.69, 9.17) is 10.5 Å². The first kappa shape index (κ1) is 19.3. The van der Waals surface area contributed by atoms with Crippen LogP contribution in [0.2, 0.25) is 0 Å². The summed E-state index contributed by atoms with van der Waals surface area (Å²) in [5, 5.41) is 4.88. The minimum absolute atomic E-state index is 0.0680. The van der Waals surface area contributed by atoms with Crippen LogP contribution in [0, 0.1) is 0 Å². The second-order valence-corrected chi connectivity index (χ2v) is 6.10. The molecule has 0 aliphatic carbocycles. The van der Waals surface area contributed by atoms with Gasteiger partial charge in [-0.15, -0.1) is 0 Å². The molecule has 0 unspecified atom stereocenters. The highest BCUT2D eigenvalue weighted by Gasteiger charge is 2.32. The number of carbonyl (C=O) groups excluding carboxylic acids is 3. The van der Waals surface area contributed by atoms with Gasteiger partial charge in [-0.2, -0.15) is 0 Å². The van der Waals surface area contributed by atoms with Gasteiger partial charge in [-0.1, -0.05) is 12.1 Å². The molecule has 146 valence electrons. The molecule has 9 heteroatoms. The van der Waals surface area contributed by atoms with Crippen LogP contribution in [-0.4, -0.2) is 42.0 Å². The van der Waals surface area contributed by atoms with Gasteiger partial charge in [0.05, 0.1) is 22.4 Å². The summed E-state index contributed by atoms with van der Waals surface area (Å²) in [4.78, 5) is 49.0. The Labute approximate surface area is 160 Å². The van der Waals surface area contributed by atoms with E-state index < -0.39 is 17.4 Å². The zero-order valence-electron chi connectivity index (χ0n) is 15.3. The van der Waals surface area contributed by atoms with E-state index in [1.54, 1.807) is 24.3 Å². The van der Waals surface area contributed by atoms with Crippen LogP contribution in [0.5, 0.6) is 0 Å². The number of benzene rings is 1. The lowest BCUT2D eigenvalue weighted by molar-refractivity contribution is 0.0877. The summed E-state index contributed by atoms with van der Waals surface area (Å²) < 4.78 is 6.29. The fraction of sp³-hybridized carbons (Fsp3) is 0.263. The maximum absolute atomic E-state index is 12.6. The SMILES string of the molecule is CCOCCCNC(=O)c1ccccc1-n1c(N)c2c(cc1=O)C(=O)NC2=O. The van der Waals surface area contributed by atoms with E-state index in [0.29, 0.717) is 26.2 Å². The van der Waals surface area contributed by atoms with Crippen molar-refractivity contribution >= 4 is 23.5 Å². The Bertz CT molecular complexity index is 1010. The molecular formula is C19H20N4O5. The standard InChI is InChI=1S/C19H20N4O5/c1-2-28-9-5-8-21-17(25)11-6-3-4-7-13(11)23-14(24)10-12-15(16(23)20)19(27)22-18(12)26/h3-4,6-7,10H,2,5,8-9,20H2,1H3,(H,21,25)(H,22,26,27). The van der Waals surface area contributed by atoms with Crippen molar-refractivity contribution in [3.63, 3.8) is 0 Å². The van der Waals surface area contributed by atoms with Gasteiger partial charge in [-0.25, -0.2) is 0 Å². The summed E-state index contributed by atoms with van der Waals surface area (Å²) in [6.07, 6.45) is 0.644. The number of nitrogens with two attached hydrogens (primary N) is 1. The number of hydrogen-bond donors (Lipinski definition) is 3. The quantitative estimate of drug-likeness (QED) is 0.469. The Kier molecular flexibility index (Phi) is 5.55. The Morgan fingerprint density at radius 1 is 1.21 bits per heavy atom. The van der Waals surface area contributed by atoms with E-state index in [-0.39, 0.29) is 34.1 Å². The van der Waals surface area contributed by atoms with Gasteiger partial charge in [0.2, 0.25) is 0 Å². The molecule has 0 radical (unpaired) electrons. The first-order valence-corrected chi connectivity index (χ1v) is 8.82. The van der Waals surface area contributed by atoms with Crippen LogP contribution in [0.3, 0.4) is 0 Å². The molecule has 0 saturated carbocycles. The Morgan fingerprint density at radius 2 is 1.96 bits per heavy atom. The lowest BCUT2D eigenvalue weighted by Gasteiger charge is -2.15. The van der Waals surface area contributed by atoms with Gasteiger partial charge >= 0.3 is 0 Å². The third-order valence-corrected chi connectivity index (χ3v) is 4.30. The lowest BCUT2D eigenvalue weighted by atomic mass is 10.1. The van der Waals surface area contributed by atoms with Crippen LogP contribution in [0.15, 0.2) is 35.1 Å². The van der Waals surface area contributed by atoms with E-state index in [9.17, 15) is 19.2 Å². The summed E-state index contributed by atoms with van der Waals surface area (Å²) >= 11 is 0. The number of pyridine rings is 1. The normalized spacial score (nSPS) is 12.6. The molecule has 1 aromatic carbocycles. The molecule has 3 rings (SSSR count). The Morgan fingerprint density at radius 3 is 2.71 bits per heavy atom. The van der Waals surface area contributed by atoms with E-state index in [0.717, 1.165) is 10.6 Å². The number of para-hydroxylation sites is 1. The van der Waals surface area contributed by atoms with Crippen molar-refractivity contribution in [1.29, 1.82) is 0 Å². The highest BCUT2D eigenvalue weighted by atomic mass is 16.5. The number of fused-ring (bicyclic) bond motifs is 1. The van der Waals surface area contributed by atoms with E-state index in [1.165, 1.54) is 0 Å². The van der Waals surface area contributed by atoms with Gasteiger partial charge in [0, 0.05) is 25.8 Å². The summed E-state index contributed by atoms with van der Waals surface area (Å²) in [5.74, 6) is -1.93. The summed E-state index contributed by atoms with van der Waals surface area (Å²) in [7, 11) is 0. The van der Waals surface area contributed by atoms with Gasteiger partial charge in [0.25, 0.3) is 23.3 Å². The zero-order valence-corrected chi connectivity index (χ0v) is 15.3. The van der Waals surface area contributed by atoms with Crippen molar-refractivity contribution in [3.05, 3.63) is 57.4 Å². The predicted molar refractivity (Wildman–Crippen MR) is 102 cm³/mol. The van der Waals surface area contributed by atoms with Crippen LogP contribution in [0.25, 0.3) is 5.69 Å². The average Bonchev–Trinajstić information content (AvgIpc) is 2.95. The van der Waals surface area contributed by atoms with Crippen LogP contribution >= 0.6 is 0 Å². The molecule has 2 aromatic rings. The number of rotatable bonds is 7. The number of carbonyl (C=O) groups is 3. The third kappa shape index (κ3) is 3.52. The van der Waals surface area contributed by atoms with Crippen LogP contribution in [-0.2, 0) is 4.74 Å². The number of ether oxygens (including phenoxy) is 1. The maximum atomic E-state index is 12.6. The maximum Gasteiger partial charge on any atom is 0.262 e. The molecule has 4 N–H and O–H groups in total. The van der Waals surface area contributed by atoms with Gasteiger partial charge in [-0.3, -0.25) is 29.1 Å². The molecule has 0 spiro atoms. The molecule has 9 nitrogen and oxygen atoms in total. The van der Waals surface area contributed by atoms with Crippen LogP contribution in [0.4, 0.5) is 5.82 Å². The molecule has 1 aromatic heterocycles. The number of nitrogens with one attached hydrogen (secondary N) is 2. The number of nitrogen functional groups attached to an aromatic ring is 1. The molecule has 0 atom stereocenters. The zero-order chi connectivity index (χ0) is 20.3. The number of imide groups is 1. The molecule has 3 amide bonds. The van der Waals surface area contributed by atoms with E-state index in [1.807, 2.05) is 6.92 Å². The summed E-state index contributed by atoms with van der Waals surface area (Å²) in [6, 6.07) is 7.45. The van der Waals surface area contributed by atoms with Crippen molar-refractivity contribution in [2.75, 3.05) is 25.5 Å². The molecule has 1 aliphatic rings. The Hall–Kier alpha value is -3.46. The first-order valence-electron chi connectivity index (χ1n) is 8.82. The van der Waals surface area contributed by atoms with Crippen LogP contribution in [0.1, 0.15) is 44.4 Å². The summed E-state index contributed by atoms with van der Waals surface area (Å²) in [6.45, 7) is 3.42. The van der Waals surface area contributed by atoms with Crippen molar-refractivity contribution in [1.82, 2.24) is 15.2 Å². The molecule has 0 fully saturated rings. The second-order valence-electron chi connectivity index (χ2n) is 6.10. The molecular weight excluding hydrogens is 364 g/mol. The van der Waals surface area contributed by atoms with Crippen molar-refractivity contribution in [2.45, 2.75) is 13.3 Å².